The zero-order chi connectivity index (χ0) is 15.2. The summed E-state index contributed by atoms with van der Waals surface area (Å²) in [5, 5.41) is 1.01. The fourth-order valence-electron chi connectivity index (χ4n) is 3.03. The highest BCUT2D eigenvalue weighted by Crippen LogP contribution is 2.49. The van der Waals surface area contributed by atoms with Crippen molar-refractivity contribution in [1.82, 2.24) is 5.43 Å². The number of hydrogen-bond donors (Lipinski definition) is 3. The number of hydrazine groups is 2. The molecule has 2 aromatic carbocycles. The summed E-state index contributed by atoms with van der Waals surface area (Å²) in [6.45, 7) is 4.34. The van der Waals surface area contributed by atoms with Crippen LogP contribution in [0.4, 0.5) is 10.5 Å². The van der Waals surface area contributed by atoms with Crippen LogP contribution in [0.25, 0.3) is 11.1 Å². The number of carbonyl (C=O) groups excluding carboxylic acids is 1. The van der Waals surface area contributed by atoms with Crippen LogP contribution < -0.4 is 22.1 Å². The SMILES string of the molecule is CC1(C)c2ccccc2-c2ccc(N(N)C(=O)NN)cc21. The summed E-state index contributed by atoms with van der Waals surface area (Å²) in [6, 6.07) is 13.6. The molecule has 5 nitrogen and oxygen atoms in total. The van der Waals surface area contributed by atoms with E-state index >= 15 is 0 Å². The molecule has 5 N–H and O–H groups in total. The quantitative estimate of drug-likeness (QED) is 0.426. The lowest BCUT2D eigenvalue weighted by atomic mass is 9.82. The number of nitrogens with two attached hydrogens (primary N) is 2. The number of rotatable bonds is 1. The summed E-state index contributed by atoms with van der Waals surface area (Å²) in [4.78, 5) is 11.6. The van der Waals surface area contributed by atoms with Gasteiger partial charge in [0.1, 0.15) is 0 Å². The molecule has 2 amide bonds. The first-order valence-corrected chi connectivity index (χ1v) is 6.76. The first-order chi connectivity index (χ1) is 9.96. The number of urea groups is 1. The first kappa shape index (κ1) is 13.6. The normalized spacial score (nSPS) is 14.3. The Hall–Kier alpha value is -2.37. The van der Waals surface area contributed by atoms with Crippen LogP contribution in [-0.4, -0.2) is 6.03 Å². The van der Waals surface area contributed by atoms with Crippen molar-refractivity contribution in [2.75, 3.05) is 5.01 Å². The van der Waals surface area contributed by atoms with E-state index in [-0.39, 0.29) is 5.41 Å². The van der Waals surface area contributed by atoms with Crippen LogP contribution in [-0.2, 0) is 5.41 Å². The minimum absolute atomic E-state index is 0.123. The molecule has 0 spiro atoms. The summed E-state index contributed by atoms with van der Waals surface area (Å²) in [5.41, 5.74) is 7.37. The van der Waals surface area contributed by atoms with Gasteiger partial charge in [-0.05, 0) is 34.4 Å². The summed E-state index contributed by atoms with van der Waals surface area (Å²) in [5.74, 6) is 10.9. The maximum Gasteiger partial charge on any atom is 0.350 e. The van der Waals surface area contributed by atoms with Crippen molar-refractivity contribution in [3.05, 3.63) is 53.6 Å². The molecule has 0 aromatic heterocycles. The molecule has 1 aliphatic carbocycles. The third-order valence-corrected chi connectivity index (χ3v) is 4.19. The number of hydrogen-bond acceptors (Lipinski definition) is 3. The Kier molecular flexibility index (Phi) is 2.97. The number of fused-ring (bicyclic) bond motifs is 3. The van der Waals surface area contributed by atoms with Crippen molar-refractivity contribution in [3.63, 3.8) is 0 Å². The average Bonchev–Trinajstić information content (AvgIpc) is 2.74. The monoisotopic (exact) mass is 282 g/mol. The molecule has 0 saturated heterocycles. The van der Waals surface area contributed by atoms with E-state index in [1.165, 1.54) is 16.7 Å². The molecule has 0 radical (unpaired) electrons. The van der Waals surface area contributed by atoms with Crippen LogP contribution in [0.3, 0.4) is 0 Å². The minimum Gasteiger partial charge on any atom is -0.274 e. The highest BCUT2D eigenvalue weighted by molar-refractivity contribution is 5.92. The molecule has 1 aliphatic rings. The molecule has 0 fully saturated rings. The fraction of sp³-hybridized carbons (Fsp3) is 0.188. The van der Waals surface area contributed by atoms with E-state index in [9.17, 15) is 4.79 Å². The molecule has 3 rings (SSSR count). The van der Waals surface area contributed by atoms with Gasteiger partial charge >= 0.3 is 6.03 Å². The predicted molar refractivity (Wildman–Crippen MR) is 83.4 cm³/mol. The molecule has 2 aromatic rings. The Labute approximate surface area is 123 Å². The van der Waals surface area contributed by atoms with Crippen LogP contribution in [0.2, 0.25) is 0 Å². The second-order valence-corrected chi connectivity index (χ2v) is 5.72. The van der Waals surface area contributed by atoms with Gasteiger partial charge in [-0.25, -0.2) is 21.5 Å². The zero-order valence-electron chi connectivity index (χ0n) is 12.1. The Balaban J connectivity index is 2.14. The molecule has 21 heavy (non-hydrogen) atoms. The Morgan fingerprint density at radius 2 is 1.76 bits per heavy atom. The minimum atomic E-state index is -0.553. The molecular formula is C16H18N4O. The number of nitrogens with one attached hydrogen (secondary N) is 1. The molecular weight excluding hydrogens is 264 g/mol. The number of benzene rings is 2. The maximum atomic E-state index is 11.6. The van der Waals surface area contributed by atoms with Gasteiger partial charge in [0.2, 0.25) is 0 Å². The van der Waals surface area contributed by atoms with E-state index in [1.807, 2.05) is 35.8 Å². The van der Waals surface area contributed by atoms with E-state index in [2.05, 4.69) is 26.0 Å². The highest BCUT2D eigenvalue weighted by Gasteiger charge is 2.35. The maximum absolute atomic E-state index is 11.6. The van der Waals surface area contributed by atoms with Crippen LogP contribution in [0.5, 0.6) is 0 Å². The van der Waals surface area contributed by atoms with Gasteiger partial charge in [-0.1, -0.05) is 44.2 Å². The third kappa shape index (κ3) is 1.90. The van der Waals surface area contributed by atoms with Crippen molar-refractivity contribution >= 4 is 11.7 Å². The van der Waals surface area contributed by atoms with E-state index < -0.39 is 6.03 Å². The largest absolute Gasteiger partial charge is 0.350 e. The molecule has 0 aliphatic heterocycles. The van der Waals surface area contributed by atoms with Crippen LogP contribution >= 0.6 is 0 Å². The summed E-state index contributed by atoms with van der Waals surface area (Å²) < 4.78 is 0. The predicted octanol–water partition coefficient (Wildman–Crippen LogP) is 2.26. The lowest BCUT2D eigenvalue weighted by molar-refractivity contribution is 0.246. The zero-order valence-corrected chi connectivity index (χ0v) is 12.1. The van der Waals surface area contributed by atoms with Gasteiger partial charge < -0.3 is 0 Å². The Morgan fingerprint density at radius 3 is 2.48 bits per heavy atom. The van der Waals surface area contributed by atoms with Crippen LogP contribution in [0.15, 0.2) is 42.5 Å². The molecule has 0 atom stereocenters. The Bertz CT molecular complexity index is 724. The van der Waals surface area contributed by atoms with Gasteiger partial charge in [0.15, 0.2) is 0 Å². The van der Waals surface area contributed by atoms with Gasteiger partial charge in [-0.2, -0.15) is 0 Å². The lowest BCUT2D eigenvalue weighted by Crippen LogP contribution is -2.47. The van der Waals surface area contributed by atoms with E-state index in [0.29, 0.717) is 5.69 Å². The third-order valence-electron chi connectivity index (χ3n) is 4.19. The van der Waals surface area contributed by atoms with Crippen molar-refractivity contribution in [2.45, 2.75) is 19.3 Å². The van der Waals surface area contributed by atoms with Crippen LogP contribution in [0.1, 0.15) is 25.0 Å². The lowest BCUT2D eigenvalue weighted by Gasteiger charge is -2.23. The molecule has 0 bridgehead atoms. The standard InChI is InChI=1S/C16H18N4O/c1-16(2)13-6-4-3-5-11(13)12-8-7-10(9-14(12)16)20(18)15(21)19-17/h3-9H,17-18H2,1-2H3,(H,19,21). The summed E-state index contributed by atoms with van der Waals surface area (Å²) in [6.07, 6.45) is 0. The van der Waals surface area contributed by atoms with E-state index in [1.54, 1.807) is 0 Å². The summed E-state index contributed by atoms with van der Waals surface area (Å²) in [7, 11) is 0. The highest BCUT2D eigenvalue weighted by atomic mass is 16.2. The van der Waals surface area contributed by atoms with Gasteiger partial charge in [0.05, 0.1) is 5.69 Å². The smallest absolute Gasteiger partial charge is 0.274 e. The first-order valence-electron chi connectivity index (χ1n) is 6.76. The number of nitrogens with zero attached hydrogens (tertiary/aromatic N) is 1. The Morgan fingerprint density at radius 1 is 1.10 bits per heavy atom. The summed E-state index contributed by atoms with van der Waals surface area (Å²) >= 11 is 0. The van der Waals surface area contributed by atoms with Crippen molar-refractivity contribution in [2.24, 2.45) is 11.7 Å². The molecule has 0 unspecified atom stereocenters. The van der Waals surface area contributed by atoms with Crippen molar-refractivity contribution < 1.29 is 4.79 Å². The van der Waals surface area contributed by atoms with E-state index in [0.717, 1.165) is 10.6 Å². The number of carbonyl (C=O) groups is 1. The molecule has 5 heteroatoms. The van der Waals surface area contributed by atoms with Gasteiger partial charge in [-0.3, -0.25) is 5.43 Å². The van der Waals surface area contributed by atoms with Crippen molar-refractivity contribution in [1.29, 1.82) is 0 Å². The van der Waals surface area contributed by atoms with Crippen LogP contribution in [0, 0.1) is 0 Å². The topological polar surface area (TPSA) is 84.4 Å². The van der Waals surface area contributed by atoms with Crippen molar-refractivity contribution in [3.8, 4) is 11.1 Å². The second-order valence-electron chi connectivity index (χ2n) is 5.72. The van der Waals surface area contributed by atoms with E-state index in [4.69, 9.17) is 11.7 Å². The molecule has 108 valence electrons. The fourth-order valence-corrected chi connectivity index (χ4v) is 3.03. The average molecular weight is 282 g/mol. The van der Waals surface area contributed by atoms with Gasteiger partial charge in [0, 0.05) is 5.41 Å². The number of amides is 2. The van der Waals surface area contributed by atoms with Gasteiger partial charge in [-0.15, -0.1) is 0 Å². The number of anilines is 1. The molecule has 0 saturated carbocycles. The van der Waals surface area contributed by atoms with Gasteiger partial charge in [0.25, 0.3) is 0 Å². The molecule has 0 heterocycles. The second kappa shape index (κ2) is 4.58.